The van der Waals surface area contributed by atoms with Crippen LogP contribution in [-0.2, 0) is 13.0 Å². The number of rotatable bonds is 5. The van der Waals surface area contributed by atoms with Crippen molar-refractivity contribution in [3.63, 3.8) is 0 Å². The lowest BCUT2D eigenvalue weighted by atomic mass is 10.1. The standard InChI is InChI=1S/C16H17NS2/c1-12(8-13-6-7-18-10-13)17-9-14-11-19-16-5-3-2-4-15(14)16/h2-7,10-12,17H,8-9H2,1H3. The molecular weight excluding hydrogens is 270 g/mol. The zero-order valence-corrected chi connectivity index (χ0v) is 12.6. The summed E-state index contributed by atoms with van der Waals surface area (Å²) in [5.74, 6) is 0. The third kappa shape index (κ3) is 3.06. The molecule has 1 atom stereocenters. The van der Waals surface area contributed by atoms with Crippen LogP contribution in [0.4, 0.5) is 0 Å². The number of hydrogen-bond donors (Lipinski definition) is 1. The van der Waals surface area contributed by atoms with Gasteiger partial charge in [0.1, 0.15) is 0 Å². The lowest BCUT2D eigenvalue weighted by Gasteiger charge is -2.12. The summed E-state index contributed by atoms with van der Waals surface area (Å²) in [5.41, 5.74) is 2.85. The highest BCUT2D eigenvalue weighted by Gasteiger charge is 2.06. The van der Waals surface area contributed by atoms with E-state index in [-0.39, 0.29) is 0 Å². The smallest absolute Gasteiger partial charge is 0.0346 e. The number of hydrogen-bond acceptors (Lipinski definition) is 3. The Bertz CT molecular complexity index is 640. The molecule has 2 aromatic heterocycles. The van der Waals surface area contributed by atoms with Crippen LogP contribution in [-0.4, -0.2) is 6.04 Å². The highest BCUT2D eigenvalue weighted by molar-refractivity contribution is 7.17. The summed E-state index contributed by atoms with van der Waals surface area (Å²) in [6.45, 7) is 3.21. The fraction of sp³-hybridized carbons (Fsp3) is 0.250. The maximum Gasteiger partial charge on any atom is 0.0346 e. The van der Waals surface area contributed by atoms with Gasteiger partial charge in [-0.15, -0.1) is 11.3 Å². The predicted molar refractivity (Wildman–Crippen MR) is 86.1 cm³/mol. The van der Waals surface area contributed by atoms with Crippen LogP contribution in [0.25, 0.3) is 10.1 Å². The molecule has 2 heterocycles. The predicted octanol–water partition coefficient (Wildman–Crippen LogP) is 4.68. The third-order valence-electron chi connectivity index (χ3n) is 3.32. The Morgan fingerprint density at radius 1 is 1.16 bits per heavy atom. The molecule has 3 rings (SSSR count). The molecule has 0 fully saturated rings. The van der Waals surface area contributed by atoms with Gasteiger partial charge in [-0.05, 0) is 58.1 Å². The van der Waals surface area contributed by atoms with Gasteiger partial charge in [-0.25, -0.2) is 0 Å². The Labute approximate surface area is 121 Å². The third-order valence-corrected chi connectivity index (χ3v) is 5.07. The maximum absolute atomic E-state index is 3.63. The minimum atomic E-state index is 0.508. The first kappa shape index (κ1) is 12.9. The molecule has 1 unspecified atom stereocenters. The van der Waals surface area contributed by atoms with E-state index in [2.05, 4.69) is 58.7 Å². The average molecular weight is 287 g/mol. The van der Waals surface area contributed by atoms with E-state index < -0.39 is 0 Å². The normalized spacial score (nSPS) is 12.9. The van der Waals surface area contributed by atoms with E-state index in [0.717, 1.165) is 13.0 Å². The lowest BCUT2D eigenvalue weighted by Crippen LogP contribution is -2.27. The van der Waals surface area contributed by atoms with E-state index in [1.54, 1.807) is 11.3 Å². The molecule has 1 aromatic carbocycles. The molecule has 0 saturated carbocycles. The van der Waals surface area contributed by atoms with Crippen LogP contribution in [0.1, 0.15) is 18.1 Å². The fourth-order valence-corrected chi connectivity index (χ4v) is 3.93. The van der Waals surface area contributed by atoms with Gasteiger partial charge in [-0.1, -0.05) is 18.2 Å². The molecule has 19 heavy (non-hydrogen) atoms. The summed E-state index contributed by atoms with van der Waals surface area (Å²) >= 11 is 3.61. The van der Waals surface area contributed by atoms with Crippen LogP contribution in [0.5, 0.6) is 0 Å². The second-order valence-electron chi connectivity index (χ2n) is 4.87. The molecule has 0 bridgehead atoms. The molecule has 1 N–H and O–H groups in total. The first-order valence-corrected chi connectivity index (χ1v) is 8.35. The zero-order valence-electron chi connectivity index (χ0n) is 10.9. The van der Waals surface area contributed by atoms with Crippen molar-refractivity contribution >= 4 is 32.8 Å². The van der Waals surface area contributed by atoms with Gasteiger partial charge in [0.05, 0.1) is 0 Å². The molecule has 0 aliphatic heterocycles. The van der Waals surface area contributed by atoms with Crippen molar-refractivity contribution in [2.24, 2.45) is 0 Å². The van der Waals surface area contributed by atoms with Crippen molar-refractivity contribution < 1.29 is 0 Å². The van der Waals surface area contributed by atoms with Gasteiger partial charge in [-0.2, -0.15) is 11.3 Å². The van der Waals surface area contributed by atoms with Crippen LogP contribution in [0.15, 0.2) is 46.5 Å². The summed E-state index contributed by atoms with van der Waals surface area (Å²) in [4.78, 5) is 0. The SMILES string of the molecule is CC(Cc1ccsc1)NCc1csc2ccccc12. The van der Waals surface area contributed by atoms with E-state index in [0.29, 0.717) is 6.04 Å². The number of nitrogens with one attached hydrogen (secondary N) is 1. The van der Waals surface area contributed by atoms with Crippen molar-refractivity contribution in [1.29, 1.82) is 0 Å². The topological polar surface area (TPSA) is 12.0 Å². The van der Waals surface area contributed by atoms with Gasteiger partial charge < -0.3 is 5.32 Å². The van der Waals surface area contributed by atoms with E-state index in [9.17, 15) is 0 Å². The number of fused-ring (bicyclic) bond motifs is 1. The lowest BCUT2D eigenvalue weighted by molar-refractivity contribution is 0.548. The quantitative estimate of drug-likeness (QED) is 0.718. The molecule has 98 valence electrons. The second kappa shape index (κ2) is 5.87. The number of thiophene rings is 2. The Morgan fingerprint density at radius 2 is 2.05 bits per heavy atom. The average Bonchev–Trinajstić information content (AvgIpc) is 3.05. The zero-order chi connectivity index (χ0) is 13.1. The number of benzene rings is 1. The van der Waals surface area contributed by atoms with E-state index >= 15 is 0 Å². The minimum absolute atomic E-state index is 0.508. The highest BCUT2D eigenvalue weighted by Crippen LogP contribution is 2.25. The van der Waals surface area contributed by atoms with Crippen LogP contribution in [0.3, 0.4) is 0 Å². The molecule has 1 nitrogen and oxygen atoms in total. The molecule has 3 aromatic rings. The van der Waals surface area contributed by atoms with Gasteiger partial charge in [0, 0.05) is 17.3 Å². The molecule has 3 heteroatoms. The molecule has 0 amide bonds. The summed E-state index contributed by atoms with van der Waals surface area (Å²) in [7, 11) is 0. The maximum atomic E-state index is 3.63. The first-order valence-electron chi connectivity index (χ1n) is 6.52. The minimum Gasteiger partial charge on any atom is -0.310 e. The van der Waals surface area contributed by atoms with Gasteiger partial charge in [0.25, 0.3) is 0 Å². The van der Waals surface area contributed by atoms with Crippen LogP contribution >= 0.6 is 22.7 Å². The van der Waals surface area contributed by atoms with Crippen molar-refractivity contribution in [1.82, 2.24) is 5.32 Å². The first-order chi connectivity index (χ1) is 9.33. The monoisotopic (exact) mass is 287 g/mol. The molecule has 0 saturated heterocycles. The molecule has 0 aliphatic carbocycles. The van der Waals surface area contributed by atoms with Crippen LogP contribution < -0.4 is 5.32 Å². The highest BCUT2D eigenvalue weighted by atomic mass is 32.1. The van der Waals surface area contributed by atoms with Gasteiger partial charge in [0.15, 0.2) is 0 Å². The summed E-state index contributed by atoms with van der Waals surface area (Å²) in [6.07, 6.45) is 1.10. The Morgan fingerprint density at radius 3 is 2.89 bits per heavy atom. The summed E-state index contributed by atoms with van der Waals surface area (Å²) in [6, 6.07) is 11.4. The molecule has 0 aliphatic rings. The molecule has 0 spiro atoms. The molecular formula is C16H17NS2. The Kier molecular flexibility index (Phi) is 3.97. The summed E-state index contributed by atoms with van der Waals surface area (Å²) < 4.78 is 1.38. The second-order valence-corrected chi connectivity index (χ2v) is 6.57. The van der Waals surface area contributed by atoms with E-state index in [4.69, 9.17) is 0 Å². The Balaban J connectivity index is 1.62. The van der Waals surface area contributed by atoms with E-state index in [1.807, 2.05) is 11.3 Å². The summed E-state index contributed by atoms with van der Waals surface area (Å²) in [5, 5.41) is 11.7. The van der Waals surface area contributed by atoms with Gasteiger partial charge in [0.2, 0.25) is 0 Å². The van der Waals surface area contributed by atoms with Gasteiger partial charge >= 0.3 is 0 Å². The van der Waals surface area contributed by atoms with Crippen molar-refractivity contribution in [2.45, 2.75) is 25.9 Å². The Hall–Kier alpha value is -1.16. The van der Waals surface area contributed by atoms with Crippen LogP contribution in [0, 0.1) is 0 Å². The van der Waals surface area contributed by atoms with Crippen LogP contribution in [0.2, 0.25) is 0 Å². The largest absolute Gasteiger partial charge is 0.310 e. The van der Waals surface area contributed by atoms with Crippen molar-refractivity contribution in [2.75, 3.05) is 0 Å². The van der Waals surface area contributed by atoms with Gasteiger partial charge in [-0.3, -0.25) is 0 Å². The van der Waals surface area contributed by atoms with Crippen molar-refractivity contribution in [3.05, 3.63) is 57.6 Å². The van der Waals surface area contributed by atoms with E-state index in [1.165, 1.54) is 21.2 Å². The van der Waals surface area contributed by atoms with Crippen molar-refractivity contribution in [3.8, 4) is 0 Å². The molecule has 0 radical (unpaired) electrons. The fourth-order valence-electron chi connectivity index (χ4n) is 2.29.